The van der Waals surface area contributed by atoms with Crippen LogP contribution in [0.5, 0.6) is 0 Å². The fraction of sp³-hybridized carbons (Fsp3) is 0.308. The minimum Gasteiger partial charge on any atom is -0.368 e. The molecule has 0 bridgehead atoms. The summed E-state index contributed by atoms with van der Waals surface area (Å²) >= 11 is 6.71. The zero-order chi connectivity index (χ0) is 24.8. The second-order valence-electron chi connectivity index (χ2n) is 9.45. The van der Waals surface area contributed by atoms with Crippen LogP contribution in [-0.2, 0) is 6.54 Å². The van der Waals surface area contributed by atoms with Crippen LogP contribution in [-0.4, -0.2) is 62.6 Å². The van der Waals surface area contributed by atoms with E-state index < -0.39 is 0 Å². The van der Waals surface area contributed by atoms with Crippen LogP contribution < -0.4 is 15.5 Å². The van der Waals surface area contributed by atoms with E-state index in [0.717, 1.165) is 54.4 Å². The van der Waals surface area contributed by atoms with Crippen LogP contribution in [0.3, 0.4) is 0 Å². The number of rotatable bonds is 5. The Balaban J connectivity index is 1.24. The van der Waals surface area contributed by atoms with Gasteiger partial charge < -0.3 is 15.5 Å². The Labute approximate surface area is 214 Å². The van der Waals surface area contributed by atoms with Crippen LogP contribution in [0.15, 0.2) is 48.9 Å². The Bertz CT molecular complexity index is 1460. The molecule has 4 aromatic rings. The Morgan fingerprint density at radius 2 is 1.89 bits per heavy atom. The molecule has 0 spiro atoms. The number of piperazine rings is 1. The largest absolute Gasteiger partial charge is 0.368 e. The summed E-state index contributed by atoms with van der Waals surface area (Å²) in [5.41, 5.74) is 5.87. The van der Waals surface area contributed by atoms with Crippen molar-refractivity contribution in [3.8, 4) is 11.3 Å². The summed E-state index contributed by atoms with van der Waals surface area (Å²) in [6, 6.07) is 12.3. The van der Waals surface area contributed by atoms with Crippen molar-refractivity contribution in [2.24, 2.45) is 0 Å². The van der Waals surface area contributed by atoms with E-state index in [9.17, 15) is 4.79 Å². The summed E-state index contributed by atoms with van der Waals surface area (Å²) < 4.78 is 1.76. The van der Waals surface area contributed by atoms with Crippen LogP contribution in [0.1, 0.15) is 29.8 Å². The zero-order valence-electron chi connectivity index (χ0n) is 20.2. The molecule has 0 radical (unpaired) electrons. The number of carbonyl (C=O) groups excluding carboxylic acids is 1. The van der Waals surface area contributed by atoms with Gasteiger partial charge in [-0.2, -0.15) is 5.10 Å². The highest BCUT2D eigenvalue weighted by Crippen LogP contribution is 2.32. The number of nitrogens with zero attached hydrogens (tertiary/aromatic N) is 6. The molecular formula is C26H27ClN8O. The minimum atomic E-state index is -0.0392. The second kappa shape index (κ2) is 9.07. The summed E-state index contributed by atoms with van der Waals surface area (Å²) in [6.45, 7) is 8.99. The van der Waals surface area contributed by atoms with Crippen LogP contribution in [0.4, 0.5) is 17.2 Å². The van der Waals surface area contributed by atoms with Gasteiger partial charge in [0.15, 0.2) is 11.5 Å². The number of anilines is 3. The molecule has 0 unspecified atom stereocenters. The van der Waals surface area contributed by atoms with Crippen molar-refractivity contribution in [1.82, 2.24) is 29.8 Å². The van der Waals surface area contributed by atoms with Crippen LogP contribution >= 0.6 is 11.6 Å². The number of halogens is 1. The molecular weight excluding hydrogens is 476 g/mol. The van der Waals surface area contributed by atoms with Gasteiger partial charge in [0.05, 0.1) is 22.6 Å². The van der Waals surface area contributed by atoms with Gasteiger partial charge in [-0.05, 0) is 49.7 Å². The smallest absolute Gasteiger partial charge is 0.251 e. The molecule has 2 aromatic heterocycles. The molecule has 0 aliphatic carbocycles. The van der Waals surface area contributed by atoms with E-state index >= 15 is 0 Å². The SMILES string of the molecule is CC(C)N1CCN(c2ccc(Nc3ncc(-c4ccc5c(c4)CNC5=O)n4ncnc34)cc2Cl)CC1. The lowest BCUT2D eigenvalue weighted by Crippen LogP contribution is -2.49. The first kappa shape index (κ1) is 22.8. The van der Waals surface area contributed by atoms with Crippen LogP contribution in [0.2, 0.25) is 5.02 Å². The molecule has 2 aliphatic heterocycles. The summed E-state index contributed by atoms with van der Waals surface area (Å²) in [5.74, 6) is 0.547. The lowest BCUT2D eigenvalue weighted by atomic mass is 10.0. The van der Waals surface area contributed by atoms with Gasteiger partial charge in [-0.3, -0.25) is 9.69 Å². The van der Waals surface area contributed by atoms with Crippen molar-refractivity contribution in [2.75, 3.05) is 36.4 Å². The lowest BCUT2D eigenvalue weighted by Gasteiger charge is -2.38. The fourth-order valence-electron chi connectivity index (χ4n) is 4.95. The average molecular weight is 503 g/mol. The fourth-order valence-corrected chi connectivity index (χ4v) is 5.25. The van der Waals surface area contributed by atoms with Gasteiger partial charge in [0.2, 0.25) is 0 Å². The summed E-state index contributed by atoms with van der Waals surface area (Å²) in [6.07, 6.45) is 3.27. The average Bonchev–Trinajstić information content (AvgIpc) is 3.52. The normalized spacial score (nSPS) is 16.0. The van der Waals surface area contributed by atoms with Gasteiger partial charge in [0.25, 0.3) is 5.91 Å². The number of hydrogen-bond acceptors (Lipinski definition) is 7. The number of aromatic nitrogens is 4. The number of nitrogens with one attached hydrogen (secondary N) is 2. The molecule has 1 fully saturated rings. The number of benzene rings is 2. The third kappa shape index (κ3) is 4.04. The molecule has 4 heterocycles. The summed E-state index contributed by atoms with van der Waals surface area (Å²) in [5, 5.41) is 11.3. The van der Waals surface area contributed by atoms with Crippen molar-refractivity contribution < 1.29 is 4.79 Å². The van der Waals surface area contributed by atoms with Gasteiger partial charge in [-0.15, -0.1) is 0 Å². The van der Waals surface area contributed by atoms with Crippen molar-refractivity contribution >= 4 is 40.3 Å². The number of amides is 1. The molecule has 6 rings (SSSR count). The molecule has 0 atom stereocenters. The minimum absolute atomic E-state index is 0.0392. The molecule has 184 valence electrons. The van der Waals surface area contributed by atoms with E-state index in [1.807, 2.05) is 30.3 Å². The maximum absolute atomic E-state index is 11.9. The molecule has 1 saturated heterocycles. The van der Waals surface area contributed by atoms with Crippen LogP contribution in [0.25, 0.3) is 16.9 Å². The highest BCUT2D eigenvalue weighted by atomic mass is 35.5. The van der Waals surface area contributed by atoms with E-state index in [0.29, 0.717) is 34.6 Å². The number of fused-ring (bicyclic) bond motifs is 2. The number of hydrogen-bond donors (Lipinski definition) is 2. The molecule has 10 heteroatoms. The first-order valence-corrected chi connectivity index (χ1v) is 12.5. The first-order valence-electron chi connectivity index (χ1n) is 12.1. The quantitative estimate of drug-likeness (QED) is 0.427. The zero-order valence-corrected chi connectivity index (χ0v) is 21.0. The van der Waals surface area contributed by atoms with Gasteiger partial charge in [-0.25, -0.2) is 14.5 Å². The molecule has 2 aromatic carbocycles. The van der Waals surface area contributed by atoms with E-state index in [-0.39, 0.29) is 5.91 Å². The van der Waals surface area contributed by atoms with E-state index in [2.05, 4.69) is 55.4 Å². The Morgan fingerprint density at radius 1 is 1.06 bits per heavy atom. The third-order valence-electron chi connectivity index (χ3n) is 6.98. The van der Waals surface area contributed by atoms with Gasteiger partial charge >= 0.3 is 0 Å². The lowest BCUT2D eigenvalue weighted by molar-refractivity contribution is 0.0965. The van der Waals surface area contributed by atoms with Crippen molar-refractivity contribution in [3.05, 3.63) is 65.1 Å². The maximum atomic E-state index is 11.9. The van der Waals surface area contributed by atoms with Gasteiger partial charge in [-0.1, -0.05) is 17.7 Å². The Morgan fingerprint density at radius 3 is 2.67 bits per heavy atom. The van der Waals surface area contributed by atoms with E-state index in [1.165, 1.54) is 6.33 Å². The Hall–Kier alpha value is -3.69. The van der Waals surface area contributed by atoms with E-state index in [4.69, 9.17) is 11.6 Å². The predicted octanol–water partition coefficient (Wildman–Crippen LogP) is 3.96. The third-order valence-corrected chi connectivity index (χ3v) is 7.29. The second-order valence-corrected chi connectivity index (χ2v) is 9.86. The Kier molecular flexibility index (Phi) is 5.73. The first-order chi connectivity index (χ1) is 17.5. The molecule has 2 N–H and O–H groups in total. The van der Waals surface area contributed by atoms with Gasteiger partial charge in [0.1, 0.15) is 6.33 Å². The highest BCUT2D eigenvalue weighted by molar-refractivity contribution is 6.33. The summed E-state index contributed by atoms with van der Waals surface area (Å²) in [4.78, 5) is 25.8. The molecule has 0 saturated carbocycles. The van der Waals surface area contributed by atoms with Crippen molar-refractivity contribution in [1.29, 1.82) is 0 Å². The summed E-state index contributed by atoms with van der Waals surface area (Å²) in [7, 11) is 0. The van der Waals surface area contributed by atoms with Crippen molar-refractivity contribution in [3.63, 3.8) is 0 Å². The maximum Gasteiger partial charge on any atom is 0.251 e. The predicted molar refractivity (Wildman–Crippen MR) is 141 cm³/mol. The van der Waals surface area contributed by atoms with Crippen LogP contribution in [0, 0.1) is 0 Å². The van der Waals surface area contributed by atoms with Gasteiger partial charge in [0, 0.05) is 55.6 Å². The molecule has 36 heavy (non-hydrogen) atoms. The topological polar surface area (TPSA) is 90.7 Å². The molecule has 2 aliphatic rings. The number of carbonyl (C=O) groups is 1. The monoisotopic (exact) mass is 502 g/mol. The highest BCUT2D eigenvalue weighted by Gasteiger charge is 2.22. The standard InChI is InChI=1S/C26H27ClN8O/c1-16(2)33-7-9-34(10-8-33)22-6-4-19(12-21(22)27)32-24-25-30-15-31-35(25)23(14-28-24)17-3-5-20-18(11-17)13-29-26(20)36/h3-6,11-12,14-16H,7-10,13H2,1-2H3,(H,28,32)(H,29,36). The van der Waals surface area contributed by atoms with E-state index in [1.54, 1.807) is 10.7 Å². The molecule has 1 amide bonds. The van der Waals surface area contributed by atoms with Crippen molar-refractivity contribution in [2.45, 2.75) is 26.4 Å². The molecule has 9 nitrogen and oxygen atoms in total.